The maximum absolute atomic E-state index is 4.43. The van der Waals surface area contributed by atoms with Crippen LogP contribution in [0.15, 0.2) is 48.6 Å². The third-order valence-electron chi connectivity index (χ3n) is 5.56. The van der Waals surface area contributed by atoms with Crippen LogP contribution in [0.1, 0.15) is 56.1 Å². The predicted molar refractivity (Wildman–Crippen MR) is 91.4 cm³/mol. The van der Waals surface area contributed by atoms with Crippen LogP contribution in [0, 0.1) is 11.8 Å². The van der Waals surface area contributed by atoms with Crippen molar-refractivity contribution in [3.63, 3.8) is 0 Å². The first-order valence-corrected chi connectivity index (χ1v) is 8.66. The molecule has 0 bridgehead atoms. The summed E-state index contributed by atoms with van der Waals surface area (Å²) in [6, 6.07) is 8.92. The summed E-state index contributed by atoms with van der Waals surface area (Å²) in [4.78, 5) is 0. The van der Waals surface area contributed by atoms with E-state index in [4.69, 9.17) is 0 Å². The highest BCUT2D eigenvalue weighted by Gasteiger charge is 2.23. The quantitative estimate of drug-likeness (QED) is 0.605. The number of hydrogen-bond donors (Lipinski definition) is 0. The molecule has 1 unspecified atom stereocenters. The van der Waals surface area contributed by atoms with Gasteiger partial charge in [0, 0.05) is 0 Å². The molecule has 0 N–H and O–H groups in total. The van der Waals surface area contributed by atoms with E-state index in [1.165, 1.54) is 68.1 Å². The third-order valence-corrected chi connectivity index (χ3v) is 5.56. The Hall–Kier alpha value is -1.30. The molecular weight excluding hydrogens is 252 g/mol. The number of rotatable bonds is 4. The van der Waals surface area contributed by atoms with Crippen LogP contribution in [0.5, 0.6) is 0 Å². The predicted octanol–water partition coefficient (Wildman–Crippen LogP) is 5.87. The van der Waals surface area contributed by atoms with E-state index in [0.717, 1.165) is 12.3 Å². The van der Waals surface area contributed by atoms with Crippen molar-refractivity contribution < 1.29 is 0 Å². The van der Waals surface area contributed by atoms with E-state index >= 15 is 0 Å². The Balaban J connectivity index is 1.58. The summed E-state index contributed by atoms with van der Waals surface area (Å²) < 4.78 is 0. The van der Waals surface area contributed by atoms with Gasteiger partial charge in [0.05, 0.1) is 0 Å². The molecule has 1 aromatic carbocycles. The van der Waals surface area contributed by atoms with Crippen molar-refractivity contribution in [1.29, 1.82) is 0 Å². The van der Waals surface area contributed by atoms with Crippen molar-refractivity contribution in [2.75, 3.05) is 0 Å². The molecule has 1 saturated carbocycles. The third kappa shape index (κ3) is 3.48. The Morgan fingerprint density at radius 1 is 0.857 bits per heavy atom. The summed E-state index contributed by atoms with van der Waals surface area (Å²) in [5.41, 5.74) is 5.98. The number of hydrogen-bond acceptors (Lipinski definition) is 0. The molecule has 0 heteroatoms. The lowest BCUT2D eigenvalue weighted by atomic mass is 9.76. The summed E-state index contributed by atoms with van der Waals surface area (Å²) in [5, 5.41) is 0. The lowest BCUT2D eigenvalue weighted by Crippen LogP contribution is -2.17. The number of benzene rings is 1. The van der Waals surface area contributed by atoms with Gasteiger partial charge in [-0.05, 0) is 61.5 Å². The molecule has 112 valence electrons. The van der Waals surface area contributed by atoms with Crippen molar-refractivity contribution in [2.45, 2.75) is 57.8 Å². The summed E-state index contributed by atoms with van der Waals surface area (Å²) >= 11 is 0. The molecule has 0 aromatic heterocycles. The largest absolute Gasteiger partial charge is 0.0993 e. The molecule has 21 heavy (non-hydrogen) atoms. The Morgan fingerprint density at radius 3 is 2.29 bits per heavy atom. The summed E-state index contributed by atoms with van der Waals surface area (Å²) in [5.74, 6) is 1.44. The van der Waals surface area contributed by atoms with Gasteiger partial charge in [0.2, 0.25) is 0 Å². The Labute approximate surface area is 130 Å². The van der Waals surface area contributed by atoms with Gasteiger partial charge >= 0.3 is 0 Å². The van der Waals surface area contributed by atoms with Gasteiger partial charge in [-0.3, -0.25) is 0 Å². The van der Waals surface area contributed by atoms with Gasteiger partial charge in [0.25, 0.3) is 0 Å². The standard InChI is InChI=1S/C21H28/c1-16(18-8-4-3-5-9-18)14-17(2)20-13-12-19-10-6-7-11-21(19)15-20/h6-7,10-11,18,20H,1-5,8-9,12-15H2. The summed E-state index contributed by atoms with van der Waals surface area (Å²) in [6.07, 6.45) is 11.7. The second kappa shape index (κ2) is 6.64. The van der Waals surface area contributed by atoms with E-state index in [0.29, 0.717) is 5.92 Å². The molecule has 1 aromatic rings. The van der Waals surface area contributed by atoms with Crippen molar-refractivity contribution in [3.8, 4) is 0 Å². The molecule has 0 radical (unpaired) electrons. The van der Waals surface area contributed by atoms with Crippen molar-refractivity contribution in [2.24, 2.45) is 11.8 Å². The minimum absolute atomic E-state index is 0.667. The summed E-state index contributed by atoms with van der Waals surface area (Å²) in [7, 11) is 0. The highest BCUT2D eigenvalue weighted by molar-refractivity contribution is 5.32. The van der Waals surface area contributed by atoms with Gasteiger partial charge in [0.15, 0.2) is 0 Å². The van der Waals surface area contributed by atoms with Gasteiger partial charge in [-0.25, -0.2) is 0 Å². The smallest absolute Gasteiger partial charge is 0.0108 e. The normalized spacial score (nSPS) is 22.6. The second-order valence-electron chi connectivity index (χ2n) is 7.04. The molecule has 0 nitrogen and oxygen atoms in total. The molecule has 1 fully saturated rings. The Bertz CT molecular complexity index is 517. The van der Waals surface area contributed by atoms with Crippen molar-refractivity contribution in [1.82, 2.24) is 0 Å². The van der Waals surface area contributed by atoms with E-state index in [1.54, 1.807) is 5.56 Å². The highest BCUT2D eigenvalue weighted by Crippen LogP contribution is 2.36. The van der Waals surface area contributed by atoms with E-state index in [1.807, 2.05) is 0 Å². The average molecular weight is 280 g/mol. The van der Waals surface area contributed by atoms with Crippen LogP contribution >= 0.6 is 0 Å². The van der Waals surface area contributed by atoms with Gasteiger partial charge < -0.3 is 0 Å². The van der Waals surface area contributed by atoms with Crippen LogP contribution in [0.25, 0.3) is 0 Å². The molecule has 2 aliphatic rings. The van der Waals surface area contributed by atoms with E-state index in [9.17, 15) is 0 Å². The van der Waals surface area contributed by atoms with Crippen molar-refractivity contribution >= 4 is 0 Å². The monoisotopic (exact) mass is 280 g/mol. The highest BCUT2D eigenvalue weighted by atomic mass is 14.3. The van der Waals surface area contributed by atoms with Gasteiger partial charge in [-0.1, -0.05) is 67.8 Å². The van der Waals surface area contributed by atoms with Crippen LogP contribution in [-0.4, -0.2) is 0 Å². The van der Waals surface area contributed by atoms with Gasteiger partial charge in [-0.15, -0.1) is 0 Å². The molecule has 1 atom stereocenters. The SMILES string of the molecule is C=C(CC(=C)C1CCc2ccccc2C1)C1CCCCC1. The number of aryl methyl sites for hydroxylation is 1. The fourth-order valence-corrected chi connectivity index (χ4v) is 4.14. The zero-order valence-corrected chi connectivity index (χ0v) is 13.2. The first-order valence-electron chi connectivity index (χ1n) is 8.66. The minimum Gasteiger partial charge on any atom is -0.0993 e. The fourth-order valence-electron chi connectivity index (χ4n) is 4.14. The minimum atomic E-state index is 0.667. The van der Waals surface area contributed by atoms with Crippen LogP contribution in [0.3, 0.4) is 0 Å². The zero-order valence-electron chi connectivity index (χ0n) is 13.2. The first-order chi connectivity index (χ1) is 10.2. The molecule has 3 rings (SSSR count). The molecule has 0 saturated heterocycles. The molecular formula is C21H28. The average Bonchev–Trinajstić information content (AvgIpc) is 2.55. The Kier molecular flexibility index (Phi) is 4.63. The molecule has 2 aliphatic carbocycles. The van der Waals surface area contributed by atoms with Gasteiger partial charge in [0.1, 0.15) is 0 Å². The number of fused-ring (bicyclic) bond motifs is 1. The van der Waals surface area contributed by atoms with E-state index in [2.05, 4.69) is 37.4 Å². The van der Waals surface area contributed by atoms with E-state index in [-0.39, 0.29) is 0 Å². The van der Waals surface area contributed by atoms with Crippen LogP contribution in [-0.2, 0) is 12.8 Å². The lowest BCUT2D eigenvalue weighted by Gasteiger charge is -2.29. The lowest BCUT2D eigenvalue weighted by molar-refractivity contribution is 0.395. The molecule has 0 heterocycles. The van der Waals surface area contributed by atoms with E-state index < -0.39 is 0 Å². The second-order valence-corrected chi connectivity index (χ2v) is 7.04. The topological polar surface area (TPSA) is 0 Å². The number of allylic oxidation sites excluding steroid dienone is 2. The Morgan fingerprint density at radius 2 is 1.52 bits per heavy atom. The molecule has 0 amide bonds. The fraction of sp³-hybridized carbons (Fsp3) is 0.524. The maximum atomic E-state index is 4.43. The molecule has 0 spiro atoms. The molecule has 0 aliphatic heterocycles. The van der Waals surface area contributed by atoms with Crippen LogP contribution in [0.2, 0.25) is 0 Å². The summed E-state index contributed by atoms with van der Waals surface area (Å²) in [6.45, 7) is 8.82. The zero-order chi connectivity index (χ0) is 14.7. The van der Waals surface area contributed by atoms with Gasteiger partial charge in [-0.2, -0.15) is 0 Å². The van der Waals surface area contributed by atoms with Crippen LogP contribution in [0.4, 0.5) is 0 Å². The maximum Gasteiger partial charge on any atom is -0.0108 e. The van der Waals surface area contributed by atoms with Crippen LogP contribution < -0.4 is 0 Å². The first kappa shape index (κ1) is 14.6. The van der Waals surface area contributed by atoms with Crippen molar-refractivity contribution in [3.05, 3.63) is 59.7 Å².